The highest BCUT2D eigenvalue weighted by Crippen LogP contribution is 2.23. The van der Waals surface area contributed by atoms with E-state index in [2.05, 4.69) is 10.1 Å². The van der Waals surface area contributed by atoms with Gasteiger partial charge in [0.1, 0.15) is 17.2 Å². The summed E-state index contributed by atoms with van der Waals surface area (Å²) < 4.78 is 38.7. The van der Waals surface area contributed by atoms with Crippen LogP contribution in [0, 0.1) is 0 Å². The van der Waals surface area contributed by atoms with E-state index >= 15 is 0 Å². The van der Waals surface area contributed by atoms with Gasteiger partial charge in [0.25, 0.3) is 0 Å². The normalized spacial score (nSPS) is 10.8. The summed E-state index contributed by atoms with van der Waals surface area (Å²) in [5.74, 6) is 0.861. The van der Waals surface area contributed by atoms with E-state index in [4.69, 9.17) is 9.47 Å². The van der Waals surface area contributed by atoms with Crippen LogP contribution in [0.15, 0.2) is 48.5 Å². The van der Waals surface area contributed by atoms with Gasteiger partial charge in [-0.1, -0.05) is 0 Å². The van der Waals surface area contributed by atoms with Gasteiger partial charge in [-0.15, -0.1) is 0 Å². The van der Waals surface area contributed by atoms with Gasteiger partial charge in [-0.2, -0.15) is 8.78 Å². The Balaban J connectivity index is 2.01. The van der Waals surface area contributed by atoms with Crippen LogP contribution in [0.2, 0.25) is 0 Å². The lowest BCUT2D eigenvalue weighted by molar-refractivity contribution is -0.111. The average molecular weight is 349 g/mol. The third-order valence-electron chi connectivity index (χ3n) is 3.15. The highest BCUT2D eigenvalue weighted by Gasteiger charge is 2.05. The minimum absolute atomic E-state index is 0.0204. The molecule has 0 aromatic heterocycles. The molecule has 0 spiro atoms. The van der Waals surface area contributed by atoms with E-state index in [-0.39, 0.29) is 11.7 Å². The molecule has 0 saturated carbocycles. The predicted molar refractivity (Wildman–Crippen MR) is 90.3 cm³/mol. The van der Waals surface area contributed by atoms with Gasteiger partial charge in [0.05, 0.1) is 14.2 Å². The Morgan fingerprint density at radius 2 is 1.60 bits per heavy atom. The molecule has 5 nitrogen and oxygen atoms in total. The lowest BCUT2D eigenvalue weighted by atomic mass is 10.2. The van der Waals surface area contributed by atoms with Gasteiger partial charge in [0, 0.05) is 17.8 Å². The van der Waals surface area contributed by atoms with Crippen molar-refractivity contribution in [2.45, 2.75) is 6.61 Å². The van der Waals surface area contributed by atoms with Crippen molar-refractivity contribution in [2.75, 3.05) is 19.5 Å². The van der Waals surface area contributed by atoms with Crippen molar-refractivity contribution in [2.24, 2.45) is 0 Å². The highest BCUT2D eigenvalue weighted by molar-refractivity contribution is 6.02. The van der Waals surface area contributed by atoms with Crippen molar-refractivity contribution in [3.63, 3.8) is 0 Å². The third kappa shape index (κ3) is 5.80. The van der Waals surface area contributed by atoms with E-state index in [9.17, 15) is 13.6 Å². The topological polar surface area (TPSA) is 56.8 Å². The molecule has 2 aromatic carbocycles. The standard InChI is InChI=1S/C18H17F2NO4/c1-23-15-9-12(10-16(11-15)24-2)3-8-17(22)21-13-4-6-14(7-5-13)25-18(19)20/h3-11,18H,1-2H3,(H,21,22)/b8-3+. The Hall–Kier alpha value is -3.09. The molecule has 1 amide bonds. The molecular formula is C18H17F2NO4. The predicted octanol–water partition coefficient (Wildman–Crippen LogP) is 3.96. The van der Waals surface area contributed by atoms with Crippen LogP contribution in [-0.2, 0) is 4.79 Å². The van der Waals surface area contributed by atoms with E-state index in [1.165, 1.54) is 44.6 Å². The Labute approximate surface area is 143 Å². The number of hydrogen-bond donors (Lipinski definition) is 1. The summed E-state index contributed by atoms with van der Waals surface area (Å²) in [5.41, 5.74) is 1.19. The molecule has 0 aliphatic rings. The SMILES string of the molecule is COc1cc(/C=C/C(=O)Nc2ccc(OC(F)F)cc2)cc(OC)c1. The number of anilines is 1. The van der Waals surface area contributed by atoms with E-state index < -0.39 is 6.61 Å². The van der Waals surface area contributed by atoms with Crippen LogP contribution in [0.25, 0.3) is 6.08 Å². The molecule has 2 aromatic rings. The van der Waals surface area contributed by atoms with Crippen molar-refractivity contribution in [3.05, 3.63) is 54.1 Å². The molecule has 0 atom stereocenters. The number of halogens is 2. The number of methoxy groups -OCH3 is 2. The number of carbonyl (C=O) groups excluding carboxylic acids is 1. The van der Waals surface area contributed by atoms with Crippen LogP contribution in [0.5, 0.6) is 17.2 Å². The number of ether oxygens (including phenoxy) is 3. The first-order chi connectivity index (χ1) is 12.0. The zero-order valence-electron chi connectivity index (χ0n) is 13.7. The number of amides is 1. The number of rotatable bonds is 7. The van der Waals surface area contributed by atoms with Crippen LogP contribution in [0.4, 0.5) is 14.5 Å². The summed E-state index contributed by atoms with van der Waals surface area (Å²) in [7, 11) is 3.08. The highest BCUT2D eigenvalue weighted by atomic mass is 19.3. The molecule has 25 heavy (non-hydrogen) atoms. The fraction of sp³-hybridized carbons (Fsp3) is 0.167. The summed E-state index contributed by atoms with van der Waals surface area (Å²) >= 11 is 0. The van der Waals surface area contributed by atoms with Gasteiger partial charge < -0.3 is 19.5 Å². The molecule has 0 heterocycles. The lowest BCUT2D eigenvalue weighted by Gasteiger charge is -2.07. The van der Waals surface area contributed by atoms with E-state index in [0.717, 1.165) is 5.56 Å². The molecule has 1 N–H and O–H groups in total. The van der Waals surface area contributed by atoms with Crippen LogP contribution in [0.3, 0.4) is 0 Å². The molecule has 0 radical (unpaired) electrons. The minimum Gasteiger partial charge on any atom is -0.497 e. The second kappa shape index (κ2) is 8.68. The minimum atomic E-state index is -2.89. The first-order valence-electron chi connectivity index (χ1n) is 7.27. The number of hydrogen-bond acceptors (Lipinski definition) is 4. The summed E-state index contributed by atoms with van der Waals surface area (Å²) in [5, 5.41) is 2.62. The maximum atomic E-state index is 12.1. The first-order valence-corrected chi connectivity index (χ1v) is 7.27. The molecule has 0 unspecified atom stereocenters. The zero-order chi connectivity index (χ0) is 18.2. The number of alkyl halides is 2. The molecule has 0 saturated heterocycles. The van der Waals surface area contributed by atoms with Gasteiger partial charge in [-0.25, -0.2) is 0 Å². The molecule has 132 valence electrons. The smallest absolute Gasteiger partial charge is 0.387 e. The summed E-state index contributed by atoms with van der Waals surface area (Å²) in [6.45, 7) is -2.89. The fourth-order valence-electron chi connectivity index (χ4n) is 2.00. The fourth-order valence-corrected chi connectivity index (χ4v) is 2.00. The molecule has 0 aliphatic heterocycles. The Kier molecular flexibility index (Phi) is 6.33. The lowest BCUT2D eigenvalue weighted by Crippen LogP contribution is -2.08. The summed E-state index contributed by atoms with van der Waals surface area (Å²) in [6, 6.07) is 10.9. The third-order valence-corrected chi connectivity index (χ3v) is 3.15. The number of carbonyl (C=O) groups is 1. The second-order valence-electron chi connectivity index (χ2n) is 4.87. The van der Waals surface area contributed by atoms with Crippen LogP contribution >= 0.6 is 0 Å². The quantitative estimate of drug-likeness (QED) is 0.769. The number of benzene rings is 2. The number of nitrogens with one attached hydrogen (secondary N) is 1. The van der Waals surface area contributed by atoms with E-state index in [1.54, 1.807) is 24.3 Å². The summed E-state index contributed by atoms with van der Waals surface area (Å²) in [6.07, 6.45) is 2.95. The van der Waals surface area contributed by atoms with Crippen molar-refractivity contribution in [1.29, 1.82) is 0 Å². The maximum absolute atomic E-state index is 12.1. The Bertz CT molecular complexity index is 723. The molecule has 2 rings (SSSR count). The second-order valence-corrected chi connectivity index (χ2v) is 4.87. The first kappa shape index (κ1) is 18.3. The van der Waals surface area contributed by atoms with Crippen molar-refractivity contribution >= 4 is 17.7 Å². The maximum Gasteiger partial charge on any atom is 0.387 e. The Morgan fingerprint density at radius 1 is 1.00 bits per heavy atom. The molecule has 0 bridgehead atoms. The molecule has 0 fully saturated rings. The van der Waals surface area contributed by atoms with Crippen LogP contribution in [-0.4, -0.2) is 26.7 Å². The van der Waals surface area contributed by atoms with E-state index in [1.807, 2.05) is 0 Å². The van der Waals surface area contributed by atoms with Gasteiger partial charge in [0.2, 0.25) is 5.91 Å². The van der Waals surface area contributed by atoms with Crippen molar-refractivity contribution in [1.82, 2.24) is 0 Å². The van der Waals surface area contributed by atoms with Gasteiger partial charge in [0.15, 0.2) is 0 Å². The van der Waals surface area contributed by atoms with Gasteiger partial charge in [-0.3, -0.25) is 4.79 Å². The molecule has 0 aliphatic carbocycles. The van der Waals surface area contributed by atoms with Crippen LogP contribution < -0.4 is 19.5 Å². The monoisotopic (exact) mass is 349 g/mol. The average Bonchev–Trinajstić information content (AvgIpc) is 2.61. The van der Waals surface area contributed by atoms with Crippen LogP contribution in [0.1, 0.15) is 5.56 Å². The zero-order valence-corrected chi connectivity index (χ0v) is 13.7. The Morgan fingerprint density at radius 3 is 2.12 bits per heavy atom. The summed E-state index contributed by atoms with van der Waals surface area (Å²) in [4.78, 5) is 11.9. The van der Waals surface area contributed by atoms with Crippen molar-refractivity contribution < 1.29 is 27.8 Å². The molecular weight excluding hydrogens is 332 g/mol. The van der Waals surface area contributed by atoms with E-state index in [0.29, 0.717) is 17.2 Å². The van der Waals surface area contributed by atoms with Gasteiger partial charge in [-0.05, 0) is 48.0 Å². The largest absolute Gasteiger partial charge is 0.497 e. The molecule has 7 heteroatoms. The van der Waals surface area contributed by atoms with Gasteiger partial charge >= 0.3 is 6.61 Å². The van der Waals surface area contributed by atoms with Crippen molar-refractivity contribution in [3.8, 4) is 17.2 Å².